The molecule has 5 aliphatic carbocycles. The number of rotatable bonds is 3. The first-order valence-corrected chi connectivity index (χ1v) is 15.8. The number of fused-ring (bicyclic) bond motifs is 3. The van der Waals surface area contributed by atoms with Gasteiger partial charge in [-0.25, -0.2) is 0 Å². The summed E-state index contributed by atoms with van der Waals surface area (Å²) in [6.07, 6.45) is 31.9. The van der Waals surface area contributed by atoms with E-state index in [1.165, 1.54) is 94.9 Å². The Morgan fingerprint density at radius 2 is 1.31 bits per heavy atom. The largest absolute Gasteiger partial charge is 0.0839 e. The van der Waals surface area contributed by atoms with Gasteiger partial charge in [0.25, 0.3) is 0 Å². The molecular weight excluding hydrogens is 504 g/mol. The van der Waals surface area contributed by atoms with Crippen LogP contribution in [0.3, 0.4) is 0 Å². The van der Waals surface area contributed by atoms with Crippen LogP contribution >= 0.6 is 0 Å². The summed E-state index contributed by atoms with van der Waals surface area (Å²) in [4.78, 5) is 0. The first-order valence-electron chi connectivity index (χ1n) is 15.8. The SMILES string of the molecule is C1=CCC2CCC(c3c4c(c(C5=CC=C(c6ccc7c8c(cccc68)C=C7)CC5)c5ccccc35)=CCCC=4)=CC2=C1. The fraction of sp³-hybridized carbons (Fsp3) is 0.190. The lowest BCUT2D eigenvalue weighted by molar-refractivity contribution is 0.572. The van der Waals surface area contributed by atoms with Crippen molar-refractivity contribution in [1.82, 2.24) is 0 Å². The van der Waals surface area contributed by atoms with Crippen molar-refractivity contribution in [2.75, 3.05) is 0 Å². The molecule has 0 nitrogen and oxygen atoms in total. The minimum absolute atomic E-state index is 0.693. The highest BCUT2D eigenvalue weighted by molar-refractivity contribution is 6.09. The predicted octanol–water partition coefficient (Wildman–Crippen LogP) is 9.77. The molecule has 1 unspecified atom stereocenters. The van der Waals surface area contributed by atoms with E-state index < -0.39 is 0 Å². The Balaban J connectivity index is 1.22. The second kappa shape index (κ2) is 9.57. The maximum absolute atomic E-state index is 2.54. The standard InChI is InChI=1S/C42H34/c1-2-9-32-26-33(23-16-27(32)8-1)42-38-13-5-3-11-36(38)41(37-12-4-6-14-39(37)42)31-19-17-28(18-20-31)34-25-24-30-22-21-29-10-7-15-35(34)40(29)30/h1-3,5,7,9-15,17,19,21-22,24-27H,4,6,8,16,18,20,23H2. The zero-order chi connectivity index (χ0) is 27.6. The average molecular weight is 539 g/mol. The van der Waals surface area contributed by atoms with E-state index in [-0.39, 0.29) is 0 Å². The van der Waals surface area contributed by atoms with E-state index in [9.17, 15) is 0 Å². The van der Waals surface area contributed by atoms with E-state index in [1.54, 1.807) is 0 Å². The third kappa shape index (κ3) is 3.68. The third-order valence-electron chi connectivity index (χ3n) is 10.3. The molecule has 202 valence electrons. The van der Waals surface area contributed by atoms with Gasteiger partial charge in [0, 0.05) is 0 Å². The molecule has 0 bridgehead atoms. The summed E-state index contributed by atoms with van der Waals surface area (Å²) in [6, 6.07) is 20.6. The van der Waals surface area contributed by atoms with Crippen LogP contribution in [0.25, 0.3) is 62.6 Å². The van der Waals surface area contributed by atoms with Crippen LogP contribution in [0.15, 0.2) is 96.6 Å². The minimum atomic E-state index is 0.693. The molecule has 0 aromatic heterocycles. The number of hydrogen-bond donors (Lipinski definition) is 0. The third-order valence-corrected chi connectivity index (χ3v) is 10.3. The van der Waals surface area contributed by atoms with Crippen LogP contribution in [0.4, 0.5) is 0 Å². The smallest absolute Gasteiger partial charge is 0.00327 e. The summed E-state index contributed by atoms with van der Waals surface area (Å²) in [6.45, 7) is 0. The van der Waals surface area contributed by atoms with Crippen LogP contribution in [-0.4, -0.2) is 0 Å². The van der Waals surface area contributed by atoms with Gasteiger partial charge >= 0.3 is 0 Å². The van der Waals surface area contributed by atoms with E-state index in [2.05, 4.69) is 115 Å². The summed E-state index contributed by atoms with van der Waals surface area (Å²) in [5.74, 6) is 0.693. The van der Waals surface area contributed by atoms with Crippen LogP contribution in [0.2, 0.25) is 0 Å². The van der Waals surface area contributed by atoms with E-state index in [4.69, 9.17) is 0 Å². The Morgan fingerprint density at radius 1 is 0.595 bits per heavy atom. The summed E-state index contributed by atoms with van der Waals surface area (Å²) in [5.41, 5.74) is 13.0. The molecule has 0 radical (unpaired) electrons. The molecule has 0 saturated heterocycles. The number of benzene rings is 4. The number of allylic oxidation sites excluding steroid dienone is 10. The van der Waals surface area contributed by atoms with Gasteiger partial charge in [-0.3, -0.25) is 0 Å². The predicted molar refractivity (Wildman–Crippen MR) is 182 cm³/mol. The normalized spacial score (nSPS) is 20.2. The average Bonchev–Trinajstić information content (AvgIpc) is 3.48. The summed E-state index contributed by atoms with van der Waals surface area (Å²) >= 11 is 0. The molecule has 0 aliphatic heterocycles. The molecule has 0 saturated carbocycles. The Hall–Kier alpha value is -4.42. The van der Waals surface area contributed by atoms with Crippen molar-refractivity contribution >= 4 is 62.6 Å². The molecule has 0 heteroatoms. The van der Waals surface area contributed by atoms with Gasteiger partial charge < -0.3 is 0 Å². The first kappa shape index (κ1) is 24.2. The summed E-state index contributed by atoms with van der Waals surface area (Å²) < 4.78 is 0. The highest BCUT2D eigenvalue weighted by Gasteiger charge is 2.24. The van der Waals surface area contributed by atoms with Gasteiger partial charge in [0.05, 0.1) is 0 Å². The van der Waals surface area contributed by atoms with Gasteiger partial charge in [-0.1, -0.05) is 115 Å². The zero-order valence-electron chi connectivity index (χ0n) is 24.0. The topological polar surface area (TPSA) is 0 Å². The molecular formula is C42H34. The molecule has 1 atom stereocenters. The number of hydrogen-bond acceptors (Lipinski definition) is 0. The maximum atomic E-state index is 2.54. The van der Waals surface area contributed by atoms with Gasteiger partial charge in [0.1, 0.15) is 0 Å². The van der Waals surface area contributed by atoms with Gasteiger partial charge in [0.15, 0.2) is 0 Å². The Morgan fingerprint density at radius 3 is 2.10 bits per heavy atom. The van der Waals surface area contributed by atoms with Crippen molar-refractivity contribution in [1.29, 1.82) is 0 Å². The second-order valence-corrected chi connectivity index (χ2v) is 12.5. The Kier molecular flexibility index (Phi) is 5.51. The van der Waals surface area contributed by atoms with Crippen molar-refractivity contribution < 1.29 is 0 Å². The summed E-state index contributed by atoms with van der Waals surface area (Å²) in [7, 11) is 0. The fourth-order valence-electron chi connectivity index (χ4n) is 8.27. The first-order chi connectivity index (χ1) is 20.8. The molecule has 4 aromatic rings. The van der Waals surface area contributed by atoms with Crippen LogP contribution in [0, 0.1) is 5.92 Å². The Bertz CT molecular complexity index is 2140. The van der Waals surface area contributed by atoms with Crippen molar-refractivity contribution in [3.05, 3.63) is 135 Å². The molecule has 9 rings (SSSR count). The van der Waals surface area contributed by atoms with Crippen molar-refractivity contribution in [3.63, 3.8) is 0 Å². The Labute approximate surface area is 247 Å². The van der Waals surface area contributed by atoms with Crippen LogP contribution in [-0.2, 0) is 0 Å². The highest BCUT2D eigenvalue weighted by Crippen LogP contribution is 2.41. The lowest BCUT2D eigenvalue weighted by atomic mass is 9.76. The minimum Gasteiger partial charge on any atom is -0.0839 e. The maximum Gasteiger partial charge on any atom is -0.00327 e. The molecule has 42 heavy (non-hydrogen) atoms. The van der Waals surface area contributed by atoms with E-state index in [0.29, 0.717) is 5.92 Å². The van der Waals surface area contributed by atoms with E-state index >= 15 is 0 Å². The zero-order valence-corrected chi connectivity index (χ0v) is 24.0. The van der Waals surface area contributed by atoms with Gasteiger partial charge in [0.2, 0.25) is 0 Å². The quantitative estimate of drug-likeness (QED) is 0.214. The van der Waals surface area contributed by atoms with Crippen LogP contribution in [0.1, 0.15) is 72.8 Å². The highest BCUT2D eigenvalue weighted by atomic mass is 14.3. The lowest BCUT2D eigenvalue weighted by Crippen LogP contribution is -2.34. The van der Waals surface area contributed by atoms with E-state index in [0.717, 1.165) is 32.1 Å². The molecule has 0 spiro atoms. The molecule has 0 fully saturated rings. The van der Waals surface area contributed by atoms with Crippen molar-refractivity contribution in [2.24, 2.45) is 5.92 Å². The monoisotopic (exact) mass is 538 g/mol. The van der Waals surface area contributed by atoms with Gasteiger partial charge in [-0.2, -0.15) is 0 Å². The van der Waals surface area contributed by atoms with Crippen LogP contribution in [0.5, 0.6) is 0 Å². The van der Waals surface area contributed by atoms with E-state index in [1.807, 2.05) is 0 Å². The lowest BCUT2D eigenvalue weighted by Gasteiger charge is -2.28. The summed E-state index contributed by atoms with van der Waals surface area (Å²) in [5, 5.41) is 8.58. The van der Waals surface area contributed by atoms with Gasteiger partial charge in [-0.15, -0.1) is 0 Å². The molecule has 5 aliphatic rings. The molecule has 4 aromatic carbocycles. The molecule has 0 amide bonds. The fourth-order valence-corrected chi connectivity index (χ4v) is 8.27. The van der Waals surface area contributed by atoms with Crippen molar-refractivity contribution in [3.8, 4) is 0 Å². The van der Waals surface area contributed by atoms with Crippen molar-refractivity contribution in [2.45, 2.75) is 44.9 Å². The molecule has 0 N–H and O–H groups in total. The van der Waals surface area contributed by atoms with Gasteiger partial charge in [-0.05, 0) is 133 Å². The molecule has 0 heterocycles. The second-order valence-electron chi connectivity index (χ2n) is 12.5. The van der Waals surface area contributed by atoms with Crippen LogP contribution < -0.4 is 10.4 Å².